The maximum Gasteiger partial charge on any atom is 0.0943 e. The fraction of sp³-hybridized carbons (Fsp3) is 0.294. The van der Waals surface area contributed by atoms with Crippen LogP contribution in [0.15, 0.2) is 36.4 Å². The zero-order valence-corrected chi connectivity index (χ0v) is 12.8. The predicted molar refractivity (Wildman–Crippen MR) is 83.6 cm³/mol. The van der Waals surface area contributed by atoms with Crippen LogP contribution in [-0.2, 0) is 18.4 Å². The van der Waals surface area contributed by atoms with Crippen LogP contribution >= 0.6 is 23.2 Å². The van der Waals surface area contributed by atoms with Crippen molar-refractivity contribution in [3.8, 4) is 0 Å². The number of aryl methyl sites for hydroxylation is 2. The van der Waals surface area contributed by atoms with Crippen molar-refractivity contribution >= 4 is 23.2 Å². The van der Waals surface area contributed by atoms with Gasteiger partial charge in [0.05, 0.1) is 5.60 Å². The SMILES string of the molecule is Cc1ccc2c(c1)C(O)(Cc1cc(Cl)ccc1Cl)CC2. The molecular weight excluding hydrogens is 291 g/mol. The summed E-state index contributed by atoms with van der Waals surface area (Å²) in [5.74, 6) is 0. The lowest BCUT2D eigenvalue weighted by molar-refractivity contribution is 0.0389. The molecule has 0 spiro atoms. The van der Waals surface area contributed by atoms with Gasteiger partial charge in [-0.25, -0.2) is 0 Å². The molecule has 0 aromatic heterocycles. The van der Waals surface area contributed by atoms with Crippen LogP contribution in [0.1, 0.15) is 28.7 Å². The first-order valence-electron chi connectivity index (χ1n) is 6.74. The standard InChI is InChI=1S/C17H16Cl2O/c1-11-2-3-12-6-7-17(20,15(12)8-11)10-13-9-14(18)4-5-16(13)19/h2-5,8-9,20H,6-7,10H2,1H3. The first-order valence-corrected chi connectivity index (χ1v) is 7.50. The second-order valence-electron chi connectivity index (χ2n) is 5.60. The quantitative estimate of drug-likeness (QED) is 0.854. The average Bonchev–Trinajstić information content (AvgIpc) is 2.72. The summed E-state index contributed by atoms with van der Waals surface area (Å²) in [5.41, 5.74) is 3.50. The Labute approximate surface area is 129 Å². The molecule has 0 bridgehead atoms. The number of fused-ring (bicyclic) bond motifs is 1. The second-order valence-corrected chi connectivity index (χ2v) is 6.45. The molecular formula is C17H16Cl2O. The van der Waals surface area contributed by atoms with Gasteiger partial charge in [-0.1, -0.05) is 47.0 Å². The van der Waals surface area contributed by atoms with Gasteiger partial charge in [0.25, 0.3) is 0 Å². The molecule has 1 nitrogen and oxygen atoms in total. The van der Waals surface area contributed by atoms with E-state index in [1.807, 2.05) is 13.0 Å². The van der Waals surface area contributed by atoms with Crippen molar-refractivity contribution in [2.75, 3.05) is 0 Å². The van der Waals surface area contributed by atoms with Crippen LogP contribution < -0.4 is 0 Å². The van der Waals surface area contributed by atoms with E-state index >= 15 is 0 Å². The van der Waals surface area contributed by atoms with Crippen molar-refractivity contribution in [1.29, 1.82) is 0 Å². The van der Waals surface area contributed by atoms with Crippen molar-refractivity contribution < 1.29 is 5.11 Å². The van der Waals surface area contributed by atoms with Gasteiger partial charge < -0.3 is 5.11 Å². The molecule has 0 heterocycles. The van der Waals surface area contributed by atoms with Crippen LogP contribution in [0.3, 0.4) is 0 Å². The Hall–Kier alpha value is -1.02. The first kappa shape index (κ1) is 13.9. The van der Waals surface area contributed by atoms with Crippen LogP contribution in [0.4, 0.5) is 0 Å². The predicted octanol–water partition coefficient (Wildman–Crippen LogP) is 4.68. The first-order chi connectivity index (χ1) is 9.48. The van der Waals surface area contributed by atoms with Crippen molar-refractivity contribution in [3.63, 3.8) is 0 Å². The summed E-state index contributed by atoms with van der Waals surface area (Å²) in [4.78, 5) is 0. The molecule has 104 valence electrons. The van der Waals surface area contributed by atoms with Gasteiger partial charge in [-0.15, -0.1) is 0 Å². The molecule has 0 saturated carbocycles. The Morgan fingerprint density at radius 1 is 1.15 bits per heavy atom. The molecule has 0 saturated heterocycles. The fourth-order valence-corrected chi connectivity index (χ4v) is 3.37. The smallest absolute Gasteiger partial charge is 0.0943 e. The zero-order chi connectivity index (χ0) is 14.3. The van der Waals surface area contributed by atoms with Crippen LogP contribution in [0, 0.1) is 6.92 Å². The molecule has 1 aliphatic rings. The Kier molecular flexibility index (Phi) is 3.53. The van der Waals surface area contributed by atoms with Crippen molar-refractivity contribution in [1.82, 2.24) is 0 Å². The van der Waals surface area contributed by atoms with Gasteiger partial charge in [0.1, 0.15) is 0 Å². The third kappa shape index (κ3) is 2.46. The Morgan fingerprint density at radius 2 is 1.95 bits per heavy atom. The van der Waals surface area contributed by atoms with E-state index in [4.69, 9.17) is 23.2 Å². The molecule has 0 fully saturated rings. The van der Waals surface area contributed by atoms with E-state index in [-0.39, 0.29) is 0 Å². The second kappa shape index (κ2) is 5.07. The van der Waals surface area contributed by atoms with E-state index in [0.29, 0.717) is 16.5 Å². The molecule has 1 aliphatic carbocycles. The molecule has 20 heavy (non-hydrogen) atoms. The van der Waals surface area contributed by atoms with Crippen molar-refractivity contribution in [2.45, 2.75) is 31.8 Å². The number of benzene rings is 2. The summed E-state index contributed by atoms with van der Waals surface area (Å²) >= 11 is 12.3. The summed E-state index contributed by atoms with van der Waals surface area (Å²) in [7, 11) is 0. The molecule has 0 aliphatic heterocycles. The summed E-state index contributed by atoms with van der Waals surface area (Å²) in [5, 5.41) is 12.3. The van der Waals surface area contributed by atoms with Crippen LogP contribution in [-0.4, -0.2) is 5.11 Å². The zero-order valence-electron chi connectivity index (χ0n) is 11.3. The normalized spacial score (nSPS) is 21.0. The average molecular weight is 307 g/mol. The highest BCUT2D eigenvalue weighted by atomic mass is 35.5. The molecule has 0 amide bonds. The van der Waals surface area contributed by atoms with Gasteiger partial charge in [-0.05, 0) is 54.7 Å². The number of hydrogen-bond acceptors (Lipinski definition) is 1. The molecule has 1 N–H and O–H groups in total. The fourth-order valence-electron chi connectivity index (χ4n) is 3.00. The van der Waals surface area contributed by atoms with E-state index in [9.17, 15) is 5.11 Å². The lowest BCUT2D eigenvalue weighted by Crippen LogP contribution is -2.25. The van der Waals surface area contributed by atoms with Crippen molar-refractivity contribution in [3.05, 3.63) is 68.7 Å². The maximum absolute atomic E-state index is 11.0. The third-order valence-electron chi connectivity index (χ3n) is 4.07. The minimum Gasteiger partial charge on any atom is -0.385 e. The third-order valence-corrected chi connectivity index (χ3v) is 4.67. The Bertz CT molecular complexity index is 666. The Balaban J connectivity index is 2.00. The number of halogens is 2. The van der Waals surface area contributed by atoms with Crippen LogP contribution in [0.5, 0.6) is 0 Å². The van der Waals surface area contributed by atoms with Gasteiger partial charge in [0.15, 0.2) is 0 Å². The lowest BCUT2D eigenvalue weighted by Gasteiger charge is -2.25. The molecule has 2 aromatic rings. The summed E-state index contributed by atoms with van der Waals surface area (Å²) in [6.45, 7) is 2.05. The van der Waals surface area contributed by atoms with Crippen LogP contribution in [0.25, 0.3) is 0 Å². The molecule has 3 heteroatoms. The molecule has 3 rings (SSSR count). The van der Waals surface area contributed by atoms with Gasteiger partial charge >= 0.3 is 0 Å². The van der Waals surface area contributed by atoms with E-state index in [1.54, 1.807) is 12.1 Å². The van der Waals surface area contributed by atoms with E-state index < -0.39 is 5.60 Å². The highest BCUT2D eigenvalue weighted by Crippen LogP contribution is 2.41. The van der Waals surface area contributed by atoms with Gasteiger partial charge in [-0.3, -0.25) is 0 Å². The lowest BCUT2D eigenvalue weighted by atomic mass is 9.88. The summed E-state index contributed by atoms with van der Waals surface area (Å²) in [6.07, 6.45) is 2.14. The molecule has 1 unspecified atom stereocenters. The Morgan fingerprint density at radius 3 is 2.75 bits per heavy atom. The van der Waals surface area contributed by atoms with E-state index in [2.05, 4.69) is 18.2 Å². The minimum atomic E-state index is -0.838. The number of hydrogen-bond donors (Lipinski definition) is 1. The van der Waals surface area contributed by atoms with Gasteiger partial charge in [0.2, 0.25) is 0 Å². The van der Waals surface area contributed by atoms with Gasteiger partial charge in [-0.2, -0.15) is 0 Å². The maximum atomic E-state index is 11.0. The monoisotopic (exact) mass is 306 g/mol. The molecule has 0 radical (unpaired) electrons. The molecule has 1 atom stereocenters. The van der Waals surface area contributed by atoms with Crippen molar-refractivity contribution in [2.24, 2.45) is 0 Å². The summed E-state index contributed by atoms with van der Waals surface area (Å²) < 4.78 is 0. The largest absolute Gasteiger partial charge is 0.385 e. The molecule has 2 aromatic carbocycles. The van der Waals surface area contributed by atoms with E-state index in [1.165, 1.54) is 11.1 Å². The van der Waals surface area contributed by atoms with Crippen LogP contribution in [0.2, 0.25) is 10.0 Å². The van der Waals surface area contributed by atoms with Gasteiger partial charge in [0, 0.05) is 16.5 Å². The highest BCUT2D eigenvalue weighted by molar-refractivity contribution is 6.33. The minimum absolute atomic E-state index is 0.503. The highest BCUT2D eigenvalue weighted by Gasteiger charge is 2.37. The topological polar surface area (TPSA) is 20.2 Å². The summed E-state index contributed by atoms with van der Waals surface area (Å²) in [6, 6.07) is 11.7. The van der Waals surface area contributed by atoms with E-state index in [0.717, 1.165) is 24.0 Å². The number of rotatable bonds is 2. The number of aliphatic hydroxyl groups is 1.